The number of nitrogens with zero attached hydrogens (tertiary/aromatic N) is 1. The van der Waals surface area contributed by atoms with Gasteiger partial charge in [-0.2, -0.15) is 0 Å². The van der Waals surface area contributed by atoms with Crippen LogP contribution in [0.2, 0.25) is 10.3 Å². The topological polar surface area (TPSA) is 45.8 Å². The molecule has 0 aliphatic heterocycles. The van der Waals surface area contributed by atoms with Gasteiger partial charge >= 0.3 is 0 Å². The van der Waals surface area contributed by atoms with Gasteiger partial charge in [-0.25, -0.2) is 4.98 Å². The van der Waals surface area contributed by atoms with Crippen molar-refractivity contribution in [3.8, 4) is 11.4 Å². The van der Waals surface area contributed by atoms with E-state index < -0.39 is 0 Å². The molecule has 0 bridgehead atoms. The Morgan fingerprint density at radius 1 is 1.31 bits per heavy atom. The second-order valence-electron chi connectivity index (χ2n) is 3.29. The first kappa shape index (κ1) is 11.2. The second kappa shape index (κ2) is 4.28. The highest BCUT2D eigenvalue weighted by Gasteiger charge is 2.13. The van der Waals surface area contributed by atoms with Gasteiger partial charge in [0.05, 0.1) is 0 Å². The van der Waals surface area contributed by atoms with Crippen molar-refractivity contribution in [3.63, 3.8) is 0 Å². The molecule has 1 aromatic heterocycles. The number of aromatic amines is 1. The molecule has 0 unspecified atom stereocenters. The molecule has 0 radical (unpaired) electrons. The van der Waals surface area contributed by atoms with Crippen molar-refractivity contribution in [2.45, 2.75) is 6.92 Å². The maximum Gasteiger partial charge on any atom is 0.166 e. The van der Waals surface area contributed by atoms with Gasteiger partial charge in [0.25, 0.3) is 0 Å². The van der Waals surface area contributed by atoms with Gasteiger partial charge < -0.3 is 4.98 Å². The fourth-order valence-electron chi connectivity index (χ4n) is 1.45. The van der Waals surface area contributed by atoms with Crippen LogP contribution in [0.5, 0.6) is 0 Å². The molecule has 3 nitrogen and oxygen atoms in total. The SMILES string of the molecule is CC(=O)c1ccccc1-c1nc(Cl)c(Cl)[nH]1. The summed E-state index contributed by atoms with van der Waals surface area (Å²) in [4.78, 5) is 18.3. The molecule has 0 aliphatic rings. The van der Waals surface area contributed by atoms with Crippen LogP contribution < -0.4 is 0 Å². The predicted octanol–water partition coefficient (Wildman–Crippen LogP) is 3.59. The Bertz CT molecular complexity index is 529. The van der Waals surface area contributed by atoms with E-state index >= 15 is 0 Å². The van der Waals surface area contributed by atoms with Crippen LogP contribution in [0.25, 0.3) is 11.4 Å². The smallest absolute Gasteiger partial charge is 0.166 e. The second-order valence-corrected chi connectivity index (χ2v) is 4.03. The van der Waals surface area contributed by atoms with Crippen molar-refractivity contribution < 1.29 is 4.79 Å². The van der Waals surface area contributed by atoms with Gasteiger partial charge in [-0.3, -0.25) is 4.79 Å². The Hall–Kier alpha value is -1.32. The third-order valence-electron chi connectivity index (χ3n) is 2.18. The number of hydrogen-bond acceptors (Lipinski definition) is 2. The molecule has 0 aliphatic carbocycles. The Morgan fingerprint density at radius 3 is 2.56 bits per heavy atom. The first-order valence-electron chi connectivity index (χ1n) is 4.61. The van der Waals surface area contributed by atoms with E-state index in [4.69, 9.17) is 23.2 Å². The molecular weight excluding hydrogens is 247 g/mol. The third-order valence-corrected chi connectivity index (χ3v) is 2.82. The normalized spacial score (nSPS) is 10.4. The van der Waals surface area contributed by atoms with Gasteiger partial charge in [-0.1, -0.05) is 47.5 Å². The Balaban J connectivity index is 2.59. The largest absolute Gasteiger partial charge is 0.328 e. The van der Waals surface area contributed by atoms with Gasteiger partial charge in [-0.05, 0) is 6.92 Å². The Labute approximate surface area is 102 Å². The van der Waals surface area contributed by atoms with Crippen molar-refractivity contribution in [1.29, 1.82) is 0 Å². The molecule has 0 atom stereocenters. The molecule has 0 saturated heterocycles. The number of hydrogen-bond donors (Lipinski definition) is 1. The van der Waals surface area contributed by atoms with Gasteiger partial charge in [0, 0.05) is 11.1 Å². The fraction of sp³-hybridized carbons (Fsp3) is 0.0909. The van der Waals surface area contributed by atoms with Crippen molar-refractivity contribution >= 4 is 29.0 Å². The number of nitrogens with one attached hydrogen (secondary N) is 1. The summed E-state index contributed by atoms with van der Waals surface area (Å²) in [6.45, 7) is 1.50. The summed E-state index contributed by atoms with van der Waals surface area (Å²) in [5.41, 5.74) is 1.29. The van der Waals surface area contributed by atoms with E-state index in [0.717, 1.165) is 0 Å². The zero-order valence-electron chi connectivity index (χ0n) is 8.42. The van der Waals surface area contributed by atoms with Crippen molar-refractivity contribution in [2.24, 2.45) is 0 Å². The maximum absolute atomic E-state index is 11.4. The molecule has 0 spiro atoms. The quantitative estimate of drug-likeness (QED) is 0.833. The van der Waals surface area contributed by atoms with Gasteiger partial charge in [0.2, 0.25) is 0 Å². The molecule has 0 fully saturated rings. The minimum absolute atomic E-state index is 0.0285. The average Bonchev–Trinajstić information content (AvgIpc) is 2.59. The zero-order valence-corrected chi connectivity index (χ0v) is 9.93. The van der Waals surface area contributed by atoms with E-state index in [-0.39, 0.29) is 16.1 Å². The first-order valence-corrected chi connectivity index (χ1v) is 5.36. The van der Waals surface area contributed by atoms with Crippen LogP contribution in [-0.4, -0.2) is 15.8 Å². The van der Waals surface area contributed by atoms with E-state index in [1.807, 2.05) is 6.07 Å². The molecule has 0 saturated carbocycles. The average molecular weight is 255 g/mol. The number of benzene rings is 1. The fourth-order valence-corrected chi connectivity index (χ4v) is 1.72. The number of H-pyrrole nitrogens is 1. The number of ketones is 1. The molecule has 1 heterocycles. The molecule has 0 amide bonds. The monoisotopic (exact) mass is 254 g/mol. The van der Waals surface area contributed by atoms with Crippen LogP contribution in [0.15, 0.2) is 24.3 Å². The summed E-state index contributed by atoms with van der Waals surface area (Å²) in [7, 11) is 0. The molecule has 2 aromatic rings. The van der Waals surface area contributed by atoms with Crippen molar-refractivity contribution in [1.82, 2.24) is 9.97 Å². The minimum atomic E-state index is -0.0285. The minimum Gasteiger partial charge on any atom is -0.328 e. The number of imidazole rings is 1. The number of halogens is 2. The molecule has 16 heavy (non-hydrogen) atoms. The number of aromatic nitrogens is 2. The summed E-state index contributed by atoms with van der Waals surface area (Å²) in [6.07, 6.45) is 0. The summed E-state index contributed by atoms with van der Waals surface area (Å²) < 4.78 is 0. The van der Waals surface area contributed by atoms with Crippen LogP contribution in [0.3, 0.4) is 0 Å². The summed E-state index contributed by atoms with van der Waals surface area (Å²) in [6, 6.07) is 7.16. The highest BCUT2D eigenvalue weighted by molar-refractivity contribution is 6.40. The number of carbonyl (C=O) groups is 1. The Morgan fingerprint density at radius 2 is 2.00 bits per heavy atom. The lowest BCUT2D eigenvalue weighted by Crippen LogP contribution is -1.96. The number of carbonyl (C=O) groups excluding carboxylic acids is 1. The van der Waals surface area contributed by atoms with E-state index in [2.05, 4.69) is 9.97 Å². The predicted molar refractivity (Wildman–Crippen MR) is 64.0 cm³/mol. The van der Waals surface area contributed by atoms with E-state index in [9.17, 15) is 4.79 Å². The molecule has 1 N–H and O–H groups in total. The molecule has 82 valence electrons. The molecule has 2 rings (SSSR count). The maximum atomic E-state index is 11.4. The van der Waals surface area contributed by atoms with Gasteiger partial charge in [0.15, 0.2) is 10.9 Å². The summed E-state index contributed by atoms with van der Waals surface area (Å²) >= 11 is 11.5. The van der Waals surface area contributed by atoms with E-state index in [1.165, 1.54) is 6.92 Å². The number of rotatable bonds is 2. The highest BCUT2D eigenvalue weighted by Crippen LogP contribution is 2.27. The lowest BCUT2D eigenvalue weighted by atomic mass is 10.0. The Kier molecular flexibility index (Phi) is 2.99. The zero-order chi connectivity index (χ0) is 11.7. The lowest BCUT2D eigenvalue weighted by molar-refractivity contribution is 0.101. The standard InChI is InChI=1S/C11H8Cl2N2O/c1-6(16)7-4-2-3-5-8(7)11-14-9(12)10(13)15-11/h2-5H,1H3,(H,14,15). The molecule has 1 aromatic carbocycles. The molecular formula is C11H8Cl2N2O. The van der Waals surface area contributed by atoms with Crippen LogP contribution >= 0.6 is 23.2 Å². The first-order chi connectivity index (χ1) is 7.59. The summed E-state index contributed by atoms with van der Waals surface area (Å²) in [5, 5.41) is 0.477. The van der Waals surface area contributed by atoms with Gasteiger partial charge in [0.1, 0.15) is 11.0 Å². The number of Topliss-reactive ketones (excluding diaryl/α,β-unsaturated/α-hetero) is 1. The highest BCUT2D eigenvalue weighted by atomic mass is 35.5. The lowest BCUT2D eigenvalue weighted by Gasteiger charge is -2.02. The van der Waals surface area contributed by atoms with Crippen LogP contribution in [0.1, 0.15) is 17.3 Å². The van der Waals surface area contributed by atoms with E-state index in [0.29, 0.717) is 17.0 Å². The van der Waals surface area contributed by atoms with Gasteiger partial charge in [-0.15, -0.1) is 0 Å². The van der Waals surface area contributed by atoms with Crippen LogP contribution in [0, 0.1) is 0 Å². The van der Waals surface area contributed by atoms with Crippen molar-refractivity contribution in [3.05, 3.63) is 40.1 Å². The molecule has 5 heteroatoms. The van der Waals surface area contributed by atoms with Crippen molar-refractivity contribution in [2.75, 3.05) is 0 Å². The van der Waals surface area contributed by atoms with Crippen LogP contribution in [-0.2, 0) is 0 Å². The summed E-state index contributed by atoms with van der Waals surface area (Å²) in [5.74, 6) is 0.472. The third kappa shape index (κ3) is 1.96. The van der Waals surface area contributed by atoms with Crippen LogP contribution in [0.4, 0.5) is 0 Å². The van der Waals surface area contributed by atoms with E-state index in [1.54, 1.807) is 18.2 Å².